The van der Waals surface area contributed by atoms with Crippen molar-refractivity contribution < 1.29 is 9.63 Å². The average molecular weight is 203 g/mol. The topological polar surface area (TPSA) is 29.5 Å². The van der Waals surface area contributed by atoms with Gasteiger partial charge in [-0.25, -0.2) is 5.06 Å². The van der Waals surface area contributed by atoms with Crippen molar-refractivity contribution in [3.63, 3.8) is 0 Å². The third kappa shape index (κ3) is 2.17. The zero-order valence-corrected chi connectivity index (χ0v) is 9.14. The Labute approximate surface area is 84.8 Å². The maximum Gasteiger partial charge on any atom is 0.262 e. The van der Waals surface area contributed by atoms with Gasteiger partial charge in [-0.05, 0) is 26.2 Å². The molecule has 0 aromatic heterocycles. The SMILES string of the molecule is CCON1CCCC(S)(CC)C1=O. The van der Waals surface area contributed by atoms with Gasteiger partial charge in [-0.1, -0.05) is 6.92 Å². The number of thiol groups is 1. The number of hydrogen-bond donors (Lipinski definition) is 1. The second-order valence-electron chi connectivity index (χ2n) is 3.31. The molecule has 1 aliphatic rings. The highest BCUT2D eigenvalue weighted by molar-refractivity contribution is 7.82. The molecule has 1 unspecified atom stereocenters. The highest BCUT2D eigenvalue weighted by Crippen LogP contribution is 2.31. The Balaban J connectivity index is 2.65. The lowest BCUT2D eigenvalue weighted by molar-refractivity contribution is -0.193. The molecule has 1 atom stereocenters. The fourth-order valence-electron chi connectivity index (χ4n) is 1.56. The lowest BCUT2D eigenvalue weighted by Gasteiger charge is -2.36. The minimum Gasteiger partial charge on any atom is -0.271 e. The van der Waals surface area contributed by atoms with Gasteiger partial charge in [-0.3, -0.25) is 9.63 Å². The molecule has 0 saturated carbocycles. The molecule has 0 radical (unpaired) electrons. The molecule has 76 valence electrons. The first kappa shape index (κ1) is 10.9. The van der Waals surface area contributed by atoms with Crippen LogP contribution in [0.25, 0.3) is 0 Å². The van der Waals surface area contributed by atoms with E-state index in [-0.39, 0.29) is 5.91 Å². The highest BCUT2D eigenvalue weighted by atomic mass is 32.1. The first-order chi connectivity index (χ1) is 6.14. The van der Waals surface area contributed by atoms with Crippen molar-refractivity contribution in [3.05, 3.63) is 0 Å². The largest absolute Gasteiger partial charge is 0.271 e. The Kier molecular flexibility index (Phi) is 3.62. The summed E-state index contributed by atoms with van der Waals surface area (Å²) in [7, 11) is 0. The van der Waals surface area contributed by atoms with Crippen molar-refractivity contribution in [1.82, 2.24) is 5.06 Å². The number of hydroxylamine groups is 2. The highest BCUT2D eigenvalue weighted by Gasteiger charge is 2.39. The van der Waals surface area contributed by atoms with E-state index in [4.69, 9.17) is 4.84 Å². The van der Waals surface area contributed by atoms with Gasteiger partial charge in [0.1, 0.15) is 0 Å². The van der Waals surface area contributed by atoms with Crippen LogP contribution in [0, 0.1) is 0 Å². The molecule has 1 amide bonds. The first-order valence-electron chi connectivity index (χ1n) is 4.81. The van der Waals surface area contributed by atoms with Crippen LogP contribution >= 0.6 is 12.6 Å². The Morgan fingerprint density at radius 1 is 1.62 bits per heavy atom. The molecule has 1 saturated heterocycles. The van der Waals surface area contributed by atoms with Gasteiger partial charge in [0.2, 0.25) is 0 Å². The predicted octanol–water partition coefficient (Wildman–Crippen LogP) is 1.64. The summed E-state index contributed by atoms with van der Waals surface area (Å²) >= 11 is 4.43. The maximum absolute atomic E-state index is 11.8. The quantitative estimate of drug-likeness (QED) is 0.707. The molecule has 0 aromatic carbocycles. The van der Waals surface area contributed by atoms with Gasteiger partial charge in [0, 0.05) is 6.54 Å². The Morgan fingerprint density at radius 2 is 2.31 bits per heavy atom. The molecule has 1 aliphatic heterocycles. The molecular weight excluding hydrogens is 186 g/mol. The minimum atomic E-state index is -0.493. The van der Waals surface area contributed by atoms with Crippen molar-refractivity contribution in [2.45, 2.75) is 37.9 Å². The zero-order valence-electron chi connectivity index (χ0n) is 8.25. The summed E-state index contributed by atoms with van der Waals surface area (Å²) in [5, 5.41) is 1.46. The number of hydrogen-bond acceptors (Lipinski definition) is 3. The van der Waals surface area contributed by atoms with Crippen LogP contribution in [0.15, 0.2) is 0 Å². The summed E-state index contributed by atoms with van der Waals surface area (Å²) < 4.78 is -0.493. The molecule has 3 nitrogen and oxygen atoms in total. The van der Waals surface area contributed by atoms with E-state index in [2.05, 4.69) is 12.6 Å². The van der Waals surface area contributed by atoms with Crippen LogP contribution in [-0.4, -0.2) is 28.9 Å². The number of nitrogens with zero attached hydrogens (tertiary/aromatic N) is 1. The molecule has 1 rings (SSSR count). The van der Waals surface area contributed by atoms with E-state index in [9.17, 15) is 4.79 Å². The first-order valence-corrected chi connectivity index (χ1v) is 5.26. The monoisotopic (exact) mass is 203 g/mol. The molecule has 13 heavy (non-hydrogen) atoms. The maximum atomic E-state index is 11.8. The van der Waals surface area contributed by atoms with E-state index in [0.717, 1.165) is 19.3 Å². The van der Waals surface area contributed by atoms with E-state index in [1.807, 2.05) is 13.8 Å². The Bertz CT molecular complexity index is 196. The van der Waals surface area contributed by atoms with Gasteiger partial charge in [-0.2, -0.15) is 12.6 Å². The fourth-order valence-corrected chi connectivity index (χ4v) is 1.83. The standard InChI is InChI=1S/C9H17NO2S/c1-3-9(13)6-5-7-10(8(9)11)12-4-2/h13H,3-7H2,1-2H3. The zero-order chi connectivity index (χ0) is 9.90. The molecule has 4 heteroatoms. The van der Waals surface area contributed by atoms with Crippen LogP contribution < -0.4 is 0 Å². The number of piperidine rings is 1. The normalized spacial score (nSPS) is 29.5. The smallest absolute Gasteiger partial charge is 0.262 e. The molecule has 1 fully saturated rings. The molecule has 0 spiro atoms. The van der Waals surface area contributed by atoms with Gasteiger partial charge >= 0.3 is 0 Å². The second-order valence-corrected chi connectivity index (χ2v) is 4.17. The molecule has 0 aromatic rings. The third-order valence-electron chi connectivity index (χ3n) is 2.45. The van der Waals surface area contributed by atoms with Crippen LogP contribution in [0.5, 0.6) is 0 Å². The summed E-state index contributed by atoms with van der Waals surface area (Å²) in [4.78, 5) is 17.0. The van der Waals surface area contributed by atoms with Gasteiger partial charge in [0.15, 0.2) is 0 Å². The second kappa shape index (κ2) is 4.33. The number of rotatable bonds is 3. The van der Waals surface area contributed by atoms with Gasteiger partial charge in [0.25, 0.3) is 5.91 Å². The minimum absolute atomic E-state index is 0.0198. The molecular formula is C9H17NO2S. The van der Waals surface area contributed by atoms with Gasteiger partial charge in [-0.15, -0.1) is 0 Å². The van der Waals surface area contributed by atoms with E-state index < -0.39 is 4.75 Å². The van der Waals surface area contributed by atoms with E-state index in [1.165, 1.54) is 5.06 Å². The van der Waals surface area contributed by atoms with Crippen LogP contribution in [0.4, 0.5) is 0 Å². The molecule has 0 N–H and O–H groups in total. The lowest BCUT2D eigenvalue weighted by atomic mass is 9.94. The van der Waals surface area contributed by atoms with Crippen LogP contribution in [0.3, 0.4) is 0 Å². The summed E-state index contributed by atoms with van der Waals surface area (Å²) in [5.41, 5.74) is 0. The van der Waals surface area contributed by atoms with E-state index in [1.54, 1.807) is 0 Å². The van der Waals surface area contributed by atoms with Crippen LogP contribution in [0.1, 0.15) is 33.1 Å². The van der Waals surface area contributed by atoms with E-state index >= 15 is 0 Å². The van der Waals surface area contributed by atoms with Crippen LogP contribution in [-0.2, 0) is 9.63 Å². The number of carbonyl (C=O) groups is 1. The van der Waals surface area contributed by atoms with Crippen LogP contribution in [0.2, 0.25) is 0 Å². The summed E-state index contributed by atoms with van der Waals surface area (Å²) in [6.07, 6.45) is 2.59. The van der Waals surface area contributed by atoms with Crippen molar-refractivity contribution in [2.75, 3.05) is 13.2 Å². The van der Waals surface area contributed by atoms with Gasteiger partial charge in [0.05, 0.1) is 11.4 Å². The van der Waals surface area contributed by atoms with Crippen molar-refractivity contribution >= 4 is 18.5 Å². The van der Waals surface area contributed by atoms with Crippen molar-refractivity contribution in [3.8, 4) is 0 Å². The summed E-state index contributed by atoms with van der Waals surface area (Å²) in [6, 6.07) is 0. The number of amides is 1. The molecule has 1 heterocycles. The van der Waals surface area contributed by atoms with Gasteiger partial charge < -0.3 is 0 Å². The summed E-state index contributed by atoms with van der Waals surface area (Å²) in [5.74, 6) is 0.0198. The molecule has 0 aliphatic carbocycles. The average Bonchev–Trinajstić information content (AvgIpc) is 2.14. The Morgan fingerprint density at radius 3 is 2.85 bits per heavy atom. The Hall–Kier alpha value is -0.220. The molecule has 0 bridgehead atoms. The third-order valence-corrected chi connectivity index (χ3v) is 3.18. The van der Waals surface area contributed by atoms with E-state index in [0.29, 0.717) is 13.2 Å². The number of carbonyl (C=O) groups excluding carboxylic acids is 1. The predicted molar refractivity (Wildman–Crippen MR) is 54.6 cm³/mol. The van der Waals surface area contributed by atoms with Crippen molar-refractivity contribution in [2.24, 2.45) is 0 Å². The fraction of sp³-hybridized carbons (Fsp3) is 0.889. The lowest BCUT2D eigenvalue weighted by Crippen LogP contribution is -2.49. The summed E-state index contributed by atoms with van der Waals surface area (Å²) in [6.45, 7) is 5.11. The van der Waals surface area contributed by atoms with Crippen molar-refractivity contribution in [1.29, 1.82) is 0 Å².